The number of benzene rings is 2. The molecule has 0 fully saturated rings. The van der Waals surface area contributed by atoms with E-state index < -0.39 is 5.91 Å². The number of aryl methyl sites for hydroxylation is 1. The van der Waals surface area contributed by atoms with Gasteiger partial charge in [0.1, 0.15) is 23.2 Å². The minimum atomic E-state index is -0.509. The first-order chi connectivity index (χ1) is 13.5. The molecule has 28 heavy (non-hydrogen) atoms. The summed E-state index contributed by atoms with van der Waals surface area (Å²) in [6.45, 7) is 2.05. The highest BCUT2D eigenvalue weighted by molar-refractivity contribution is 6.43. The molecule has 3 rings (SSSR count). The molecular weight excluding hydrogens is 395 g/mol. The first kappa shape index (κ1) is 19.8. The van der Waals surface area contributed by atoms with Gasteiger partial charge in [-0.05, 0) is 48.4 Å². The van der Waals surface area contributed by atoms with Gasteiger partial charge < -0.3 is 9.73 Å². The second-order valence-electron chi connectivity index (χ2n) is 5.98. The van der Waals surface area contributed by atoms with E-state index in [2.05, 4.69) is 12.2 Å². The summed E-state index contributed by atoms with van der Waals surface area (Å²) < 4.78 is 5.72. The van der Waals surface area contributed by atoms with Crippen LogP contribution in [0.4, 0.5) is 5.69 Å². The molecule has 1 heterocycles. The van der Waals surface area contributed by atoms with Crippen LogP contribution in [-0.4, -0.2) is 5.91 Å². The zero-order valence-corrected chi connectivity index (χ0v) is 16.5. The molecule has 140 valence electrons. The normalized spacial score (nSPS) is 11.1. The second-order valence-corrected chi connectivity index (χ2v) is 6.76. The predicted molar refractivity (Wildman–Crippen MR) is 112 cm³/mol. The highest BCUT2D eigenvalue weighted by atomic mass is 35.5. The third-order valence-corrected chi connectivity index (χ3v) is 4.93. The van der Waals surface area contributed by atoms with E-state index in [1.54, 1.807) is 42.5 Å². The number of hydrogen-bond acceptors (Lipinski definition) is 3. The molecule has 1 amide bonds. The molecular formula is C22H16Cl2N2O2. The number of carbonyl (C=O) groups excluding carboxylic acids is 1. The van der Waals surface area contributed by atoms with Crippen molar-refractivity contribution in [3.63, 3.8) is 0 Å². The van der Waals surface area contributed by atoms with Crippen LogP contribution in [0.25, 0.3) is 17.4 Å². The number of nitrogens with zero attached hydrogens (tertiary/aromatic N) is 1. The SMILES string of the molecule is CCc1ccc(NC(=O)/C(C#N)=C/c2ccc(-c3cccc(Cl)c3Cl)o2)cc1. The Labute approximate surface area is 173 Å². The fraction of sp³-hybridized carbons (Fsp3) is 0.0909. The third kappa shape index (κ3) is 4.45. The van der Waals surface area contributed by atoms with Crippen LogP contribution < -0.4 is 5.32 Å². The van der Waals surface area contributed by atoms with E-state index in [0.717, 1.165) is 12.0 Å². The van der Waals surface area contributed by atoms with Gasteiger partial charge in [0.05, 0.1) is 10.0 Å². The van der Waals surface area contributed by atoms with E-state index in [-0.39, 0.29) is 5.57 Å². The average Bonchev–Trinajstić information content (AvgIpc) is 3.17. The van der Waals surface area contributed by atoms with Gasteiger partial charge >= 0.3 is 0 Å². The van der Waals surface area contributed by atoms with Gasteiger partial charge in [-0.1, -0.05) is 48.3 Å². The average molecular weight is 411 g/mol. The van der Waals surface area contributed by atoms with E-state index in [1.165, 1.54) is 6.08 Å². The van der Waals surface area contributed by atoms with Crippen molar-refractivity contribution in [3.05, 3.63) is 81.5 Å². The fourth-order valence-corrected chi connectivity index (χ4v) is 2.98. The fourth-order valence-electron chi connectivity index (χ4n) is 2.58. The lowest BCUT2D eigenvalue weighted by atomic mass is 10.1. The second kappa shape index (κ2) is 8.79. The number of nitriles is 1. The van der Waals surface area contributed by atoms with Crippen molar-refractivity contribution in [3.8, 4) is 17.4 Å². The molecule has 4 nitrogen and oxygen atoms in total. The van der Waals surface area contributed by atoms with Crippen LogP contribution in [0.1, 0.15) is 18.2 Å². The number of halogens is 2. The number of anilines is 1. The van der Waals surface area contributed by atoms with Crippen LogP contribution in [0.2, 0.25) is 10.0 Å². The topological polar surface area (TPSA) is 66.0 Å². The van der Waals surface area contributed by atoms with Crippen molar-refractivity contribution in [1.29, 1.82) is 5.26 Å². The van der Waals surface area contributed by atoms with Gasteiger partial charge in [-0.2, -0.15) is 5.26 Å². The predicted octanol–water partition coefficient (Wildman–Crippen LogP) is 6.36. The molecule has 0 radical (unpaired) electrons. The molecule has 1 aromatic heterocycles. The van der Waals surface area contributed by atoms with E-state index in [0.29, 0.717) is 32.8 Å². The van der Waals surface area contributed by atoms with Crippen LogP contribution in [0.5, 0.6) is 0 Å². The standard InChI is InChI=1S/C22H16Cl2N2O2/c1-2-14-6-8-16(9-7-14)26-22(27)15(13-25)12-17-10-11-20(28-17)18-4-3-5-19(23)21(18)24/h3-12H,2H2,1H3,(H,26,27)/b15-12+. The summed E-state index contributed by atoms with van der Waals surface area (Å²) in [7, 11) is 0. The zero-order valence-electron chi connectivity index (χ0n) is 15.0. The van der Waals surface area contributed by atoms with Gasteiger partial charge in [-0.3, -0.25) is 4.79 Å². The van der Waals surface area contributed by atoms with Gasteiger partial charge in [0.15, 0.2) is 0 Å². The van der Waals surface area contributed by atoms with E-state index in [9.17, 15) is 10.1 Å². The Morgan fingerprint density at radius 3 is 2.57 bits per heavy atom. The molecule has 0 aliphatic rings. The van der Waals surface area contributed by atoms with Crippen LogP contribution in [0, 0.1) is 11.3 Å². The third-order valence-electron chi connectivity index (χ3n) is 4.12. The molecule has 0 aliphatic heterocycles. The van der Waals surface area contributed by atoms with Crippen LogP contribution in [0.3, 0.4) is 0 Å². The van der Waals surface area contributed by atoms with Crippen LogP contribution in [0.15, 0.2) is 64.6 Å². The van der Waals surface area contributed by atoms with Crippen molar-refractivity contribution in [2.45, 2.75) is 13.3 Å². The molecule has 0 atom stereocenters. The molecule has 0 spiro atoms. The Kier molecular flexibility index (Phi) is 6.20. The maximum absolute atomic E-state index is 12.4. The molecule has 0 aliphatic carbocycles. The van der Waals surface area contributed by atoms with Crippen LogP contribution >= 0.6 is 23.2 Å². The summed E-state index contributed by atoms with van der Waals surface area (Å²) in [5.74, 6) is 0.344. The maximum Gasteiger partial charge on any atom is 0.266 e. The summed E-state index contributed by atoms with van der Waals surface area (Å²) in [4.78, 5) is 12.4. The molecule has 1 N–H and O–H groups in total. The highest BCUT2D eigenvalue weighted by Gasteiger charge is 2.13. The van der Waals surface area contributed by atoms with Crippen LogP contribution in [-0.2, 0) is 11.2 Å². The quantitative estimate of drug-likeness (QED) is 0.392. The summed E-state index contributed by atoms with van der Waals surface area (Å²) >= 11 is 12.2. The van der Waals surface area contributed by atoms with Gasteiger partial charge in [0.25, 0.3) is 5.91 Å². The number of furan rings is 1. The molecule has 3 aromatic rings. The smallest absolute Gasteiger partial charge is 0.266 e. The summed E-state index contributed by atoms with van der Waals surface area (Å²) in [5, 5.41) is 12.9. The lowest BCUT2D eigenvalue weighted by molar-refractivity contribution is -0.112. The molecule has 2 aromatic carbocycles. The zero-order chi connectivity index (χ0) is 20.1. The molecule has 0 saturated carbocycles. The summed E-state index contributed by atoms with van der Waals surface area (Å²) in [6, 6.07) is 18.0. The molecule has 0 unspecified atom stereocenters. The van der Waals surface area contributed by atoms with Gasteiger partial charge in [-0.15, -0.1) is 0 Å². The Balaban J connectivity index is 1.80. The lowest BCUT2D eigenvalue weighted by Gasteiger charge is -2.05. The molecule has 6 heteroatoms. The number of rotatable bonds is 5. The first-order valence-corrected chi connectivity index (χ1v) is 9.33. The van der Waals surface area contributed by atoms with Crippen molar-refractivity contribution in [2.75, 3.05) is 5.32 Å². The number of amides is 1. The summed E-state index contributed by atoms with van der Waals surface area (Å²) in [5.41, 5.74) is 2.34. The Hall–Kier alpha value is -3.00. The Bertz CT molecular complexity index is 1080. The Morgan fingerprint density at radius 2 is 1.89 bits per heavy atom. The Morgan fingerprint density at radius 1 is 1.14 bits per heavy atom. The van der Waals surface area contributed by atoms with Gasteiger partial charge in [0, 0.05) is 17.3 Å². The first-order valence-electron chi connectivity index (χ1n) is 8.58. The number of hydrogen-bond donors (Lipinski definition) is 1. The monoisotopic (exact) mass is 410 g/mol. The largest absolute Gasteiger partial charge is 0.457 e. The van der Waals surface area contributed by atoms with Crippen molar-refractivity contribution >= 4 is 40.9 Å². The van der Waals surface area contributed by atoms with E-state index in [4.69, 9.17) is 27.6 Å². The highest BCUT2D eigenvalue weighted by Crippen LogP contribution is 2.34. The van der Waals surface area contributed by atoms with E-state index >= 15 is 0 Å². The minimum absolute atomic E-state index is 0.0716. The number of nitrogens with one attached hydrogen (secondary N) is 1. The molecule has 0 bridgehead atoms. The maximum atomic E-state index is 12.4. The lowest BCUT2D eigenvalue weighted by Crippen LogP contribution is -2.13. The molecule has 0 saturated heterocycles. The van der Waals surface area contributed by atoms with Crippen molar-refractivity contribution < 1.29 is 9.21 Å². The van der Waals surface area contributed by atoms with Gasteiger partial charge in [0.2, 0.25) is 0 Å². The van der Waals surface area contributed by atoms with Crippen molar-refractivity contribution in [2.24, 2.45) is 0 Å². The van der Waals surface area contributed by atoms with E-state index in [1.807, 2.05) is 18.2 Å². The van der Waals surface area contributed by atoms with Gasteiger partial charge in [-0.25, -0.2) is 0 Å². The summed E-state index contributed by atoms with van der Waals surface area (Å²) in [6.07, 6.45) is 2.30. The number of carbonyl (C=O) groups is 1. The minimum Gasteiger partial charge on any atom is -0.457 e. The van der Waals surface area contributed by atoms with Crippen molar-refractivity contribution in [1.82, 2.24) is 0 Å².